The van der Waals surface area contributed by atoms with E-state index in [1.807, 2.05) is 0 Å². The number of halogens is 3. The normalized spacial score (nSPS) is 16.3. The first kappa shape index (κ1) is 15.8. The van der Waals surface area contributed by atoms with Crippen molar-refractivity contribution in [1.82, 2.24) is 5.32 Å². The van der Waals surface area contributed by atoms with Crippen molar-refractivity contribution in [3.05, 3.63) is 29.8 Å². The number of carbonyl (C=O) groups is 1. The van der Waals surface area contributed by atoms with Gasteiger partial charge in [-0.05, 0) is 24.5 Å². The van der Waals surface area contributed by atoms with Crippen molar-refractivity contribution < 1.29 is 26.4 Å². The summed E-state index contributed by atoms with van der Waals surface area (Å²) in [6.45, 7) is -0.472. The largest absolute Gasteiger partial charge is 0.471 e. The molecule has 116 valence electrons. The van der Waals surface area contributed by atoms with Crippen molar-refractivity contribution in [2.24, 2.45) is 0 Å². The molecule has 1 fully saturated rings. The first-order chi connectivity index (χ1) is 9.73. The van der Waals surface area contributed by atoms with Crippen molar-refractivity contribution in [3.8, 4) is 0 Å². The summed E-state index contributed by atoms with van der Waals surface area (Å²) in [6.07, 6.45) is -3.03. The van der Waals surface area contributed by atoms with Crippen LogP contribution in [0.1, 0.15) is 24.8 Å². The fourth-order valence-electron chi connectivity index (χ4n) is 2.06. The molecule has 1 aliphatic rings. The van der Waals surface area contributed by atoms with Gasteiger partial charge in [0.2, 0.25) is 0 Å². The first-order valence-corrected chi connectivity index (χ1v) is 7.94. The Morgan fingerprint density at radius 3 is 2.38 bits per heavy atom. The van der Waals surface area contributed by atoms with Gasteiger partial charge in [-0.3, -0.25) is 4.79 Å². The van der Waals surface area contributed by atoms with Crippen LogP contribution < -0.4 is 5.32 Å². The lowest BCUT2D eigenvalue weighted by Gasteiger charge is -2.26. The second-order valence-electron chi connectivity index (χ2n) is 4.89. The van der Waals surface area contributed by atoms with Crippen LogP contribution in [0.2, 0.25) is 0 Å². The van der Waals surface area contributed by atoms with E-state index >= 15 is 0 Å². The number of carbonyl (C=O) groups excluding carboxylic acids is 1. The average molecular weight is 321 g/mol. The van der Waals surface area contributed by atoms with E-state index in [0.717, 1.165) is 6.42 Å². The molecule has 0 aromatic heterocycles. The number of alkyl halides is 3. The van der Waals surface area contributed by atoms with Gasteiger partial charge in [-0.25, -0.2) is 8.42 Å². The highest BCUT2D eigenvalue weighted by Crippen LogP contribution is 2.32. The maximum atomic E-state index is 12.3. The molecule has 4 nitrogen and oxygen atoms in total. The number of amides is 1. The van der Waals surface area contributed by atoms with E-state index in [4.69, 9.17) is 0 Å². The van der Waals surface area contributed by atoms with Crippen molar-refractivity contribution >= 4 is 15.7 Å². The third-order valence-electron chi connectivity index (χ3n) is 3.47. The SMILES string of the molecule is O=C(NCc1ccccc1S(=O)(=O)C1CCC1)C(F)(F)F. The van der Waals surface area contributed by atoms with Crippen LogP contribution in [0.3, 0.4) is 0 Å². The van der Waals surface area contributed by atoms with E-state index in [1.54, 1.807) is 5.32 Å². The predicted octanol–water partition coefficient (Wildman–Crippen LogP) is 2.19. The molecule has 0 heterocycles. The number of sulfone groups is 1. The molecule has 1 N–H and O–H groups in total. The van der Waals surface area contributed by atoms with Gasteiger partial charge >= 0.3 is 12.1 Å². The minimum absolute atomic E-state index is 0.00262. The highest BCUT2D eigenvalue weighted by Gasteiger charge is 2.39. The molecule has 2 rings (SSSR count). The molecule has 8 heteroatoms. The van der Waals surface area contributed by atoms with Crippen LogP contribution in [0, 0.1) is 0 Å². The molecule has 0 unspecified atom stereocenters. The lowest BCUT2D eigenvalue weighted by molar-refractivity contribution is -0.173. The molecule has 1 aromatic carbocycles. The van der Waals surface area contributed by atoms with Crippen LogP contribution in [-0.2, 0) is 21.2 Å². The van der Waals surface area contributed by atoms with Gasteiger partial charge < -0.3 is 5.32 Å². The molecule has 0 atom stereocenters. The van der Waals surface area contributed by atoms with Gasteiger partial charge in [0.15, 0.2) is 9.84 Å². The maximum Gasteiger partial charge on any atom is 0.471 e. The van der Waals surface area contributed by atoms with Crippen LogP contribution in [0.4, 0.5) is 13.2 Å². The predicted molar refractivity (Wildman–Crippen MR) is 69.2 cm³/mol. The molecule has 0 aliphatic heterocycles. The van der Waals surface area contributed by atoms with Gasteiger partial charge in [0.05, 0.1) is 10.1 Å². The highest BCUT2D eigenvalue weighted by atomic mass is 32.2. The second-order valence-corrected chi connectivity index (χ2v) is 7.08. The summed E-state index contributed by atoms with van der Waals surface area (Å²) in [5, 5.41) is 1.22. The Balaban J connectivity index is 2.20. The van der Waals surface area contributed by atoms with Gasteiger partial charge in [-0.2, -0.15) is 13.2 Å². The fourth-order valence-corrected chi connectivity index (χ4v) is 4.15. The lowest BCUT2D eigenvalue weighted by atomic mass is 10.00. The topological polar surface area (TPSA) is 63.2 Å². The standard InChI is InChI=1S/C13H14F3NO3S/c14-13(15,16)12(18)17-8-9-4-1-2-7-11(9)21(19,20)10-5-3-6-10/h1-2,4,7,10H,3,5-6,8H2,(H,17,18). The van der Waals surface area contributed by atoms with E-state index < -0.39 is 33.7 Å². The molecular formula is C13H14F3NO3S. The van der Waals surface area contributed by atoms with Crippen LogP contribution in [0.25, 0.3) is 0 Å². The summed E-state index contributed by atoms with van der Waals surface area (Å²) in [6, 6.07) is 5.81. The van der Waals surface area contributed by atoms with Crippen molar-refractivity contribution in [1.29, 1.82) is 0 Å². The summed E-state index contributed by atoms with van der Waals surface area (Å²) in [7, 11) is -3.55. The van der Waals surface area contributed by atoms with Gasteiger partial charge in [0.25, 0.3) is 0 Å². The number of hydrogen-bond acceptors (Lipinski definition) is 3. The van der Waals surface area contributed by atoms with E-state index in [1.165, 1.54) is 24.3 Å². The van der Waals surface area contributed by atoms with Gasteiger partial charge in [-0.1, -0.05) is 24.6 Å². The van der Waals surface area contributed by atoms with Crippen LogP contribution in [0.5, 0.6) is 0 Å². The lowest BCUT2D eigenvalue weighted by Crippen LogP contribution is -2.37. The van der Waals surface area contributed by atoms with Crippen molar-refractivity contribution in [2.45, 2.75) is 42.1 Å². The van der Waals surface area contributed by atoms with Crippen LogP contribution in [-0.4, -0.2) is 25.8 Å². The van der Waals surface area contributed by atoms with Gasteiger partial charge in [0.1, 0.15) is 0 Å². The minimum Gasteiger partial charge on any atom is -0.344 e. The summed E-state index contributed by atoms with van der Waals surface area (Å²) in [5.74, 6) is -2.08. The Morgan fingerprint density at radius 2 is 1.86 bits per heavy atom. The molecule has 1 amide bonds. The van der Waals surface area contributed by atoms with Gasteiger partial charge in [0, 0.05) is 6.54 Å². The summed E-state index contributed by atoms with van der Waals surface area (Å²) < 4.78 is 61.1. The number of rotatable bonds is 4. The van der Waals surface area contributed by atoms with E-state index in [9.17, 15) is 26.4 Å². The Kier molecular flexibility index (Phi) is 4.27. The highest BCUT2D eigenvalue weighted by molar-refractivity contribution is 7.92. The van der Waals surface area contributed by atoms with E-state index in [0.29, 0.717) is 12.8 Å². The van der Waals surface area contributed by atoms with E-state index in [-0.39, 0.29) is 10.5 Å². The van der Waals surface area contributed by atoms with Crippen LogP contribution >= 0.6 is 0 Å². The number of nitrogens with one attached hydrogen (secondary N) is 1. The zero-order valence-electron chi connectivity index (χ0n) is 11.0. The Bertz CT molecular complexity index is 636. The molecule has 1 aromatic rings. The zero-order chi connectivity index (χ0) is 15.7. The third kappa shape index (κ3) is 3.37. The second kappa shape index (κ2) is 5.67. The quantitative estimate of drug-likeness (QED) is 0.924. The molecular weight excluding hydrogens is 307 g/mol. The molecule has 0 radical (unpaired) electrons. The average Bonchev–Trinajstić information content (AvgIpc) is 2.32. The third-order valence-corrected chi connectivity index (χ3v) is 5.83. The molecule has 0 spiro atoms. The minimum atomic E-state index is -4.98. The number of hydrogen-bond donors (Lipinski definition) is 1. The number of benzene rings is 1. The zero-order valence-corrected chi connectivity index (χ0v) is 11.8. The molecule has 0 bridgehead atoms. The van der Waals surface area contributed by atoms with Crippen molar-refractivity contribution in [3.63, 3.8) is 0 Å². The summed E-state index contributed by atoms with van der Waals surface area (Å²) in [4.78, 5) is 10.8. The van der Waals surface area contributed by atoms with Crippen LogP contribution in [0.15, 0.2) is 29.2 Å². The molecule has 1 aliphatic carbocycles. The Morgan fingerprint density at radius 1 is 1.24 bits per heavy atom. The molecule has 0 saturated heterocycles. The van der Waals surface area contributed by atoms with E-state index in [2.05, 4.69) is 0 Å². The first-order valence-electron chi connectivity index (χ1n) is 6.40. The van der Waals surface area contributed by atoms with Gasteiger partial charge in [-0.15, -0.1) is 0 Å². The monoisotopic (exact) mass is 321 g/mol. The maximum absolute atomic E-state index is 12.3. The summed E-state index contributed by atoms with van der Waals surface area (Å²) in [5.41, 5.74) is 0.169. The molecule has 1 saturated carbocycles. The summed E-state index contributed by atoms with van der Waals surface area (Å²) >= 11 is 0. The molecule has 21 heavy (non-hydrogen) atoms. The Hall–Kier alpha value is -1.57. The smallest absolute Gasteiger partial charge is 0.344 e. The fraction of sp³-hybridized carbons (Fsp3) is 0.462. The van der Waals surface area contributed by atoms with Crippen molar-refractivity contribution in [2.75, 3.05) is 0 Å². The Labute approximate surface area is 120 Å².